The van der Waals surface area contributed by atoms with Gasteiger partial charge in [0.05, 0.1) is 6.04 Å². The molecule has 3 saturated heterocycles. The third-order valence-corrected chi connectivity index (χ3v) is 13.7. The van der Waals surface area contributed by atoms with Crippen LogP contribution < -0.4 is 31.1 Å². The number of aryl methyl sites for hydroxylation is 1. The van der Waals surface area contributed by atoms with Crippen LogP contribution in [0.2, 0.25) is 0 Å². The lowest BCUT2D eigenvalue weighted by molar-refractivity contribution is -0.121. The molecule has 4 N–H and O–H groups in total. The summed E-state index contributed by atoms with van der Waals surface area (Å²) in [5.41, 5.74) is 7.80. The Morgan fingerprint density at radius 2 is 1.71 bits per heavy atom. The van der Waals surface area contributed by atoms with Gasteiger partial charge in [-0.1, -0.05) is 19.1 Å². The van der Waals surface area contributed by atoms with Crippen LogP contribution in [0.15, 0.2) is 73.4 Å². The van der Waals surface area contributed by atoms with E-state index in [2.05, 4.69) is 78.7 Å². The Hall–Kier alpha value is -6.35. The van der Waals surface area contributed by atoms with Gasteiger partial charge in [0.15, 0.2) is 0 Å². The predicted octanol–water partition coefficient (Wildman–Crippen LogP) is 5.55. The molecule has 3 amide bonds. The second-order valence-corrected chi connectivity index (χ2v) is 17.8. The van der Waals surface area contributed by atoms with Gasteiger partial charge in [-0.2, -0.15) is 4.98 Å². The number of hydrogen-bond acceptors (Lipinski definition) is 12. The van der Waals surface area contributed by atoms with Crippen LogP contribution in [0.3, 0.4) is 0 Å². The van der Waals surface area contributed by atoms with E-state index in [4.69, 9.17) is 9.97 Å². The van der Waals surface area contributed by atoms with Crippen molar-refractivity contribution < 1.29 is 19.2 Å². The number of nitrogens with one attached hydrogen (secondary N) is 4. The number of aldehydes is 1. The molecule has 6 heterocycles. The van der Waals surface area contributed by atoms with Crippen LogP contribution in [-0.4, -0.2) is 114 Å². The summed E-state index contributed by atoms with van der Waals surface area (Å²) >= 11 is 0. The largest absolute Gasteiger partial charge is 0.371 e. The summed E-state index contributed by atoms with van der Waals surface area (Å²) in [5, 5.41) is 12.1. The molecule has 15 heteroatoms. The maximum atomic E-state index is 13.2. The maximum absolute atomic E-state index is 13.2. The van der Waals surface area contributed by atoms with Crippen molar-refractivity contribution in [2.24, 2.45) is 5.41 Å². The first-order chi connectivity index (χ1) is 30.7. The lowest BCUT2D eigenvalue weighted by Gasteiger charge is -2.63. The monoisotopic (exact) mass is 851 g/mol. The quantitative estimate of drug-likeness (QED) is 0.0821. The van der Waals surface area contributed by atoms with Crippen LogP contribution in [0, 0.1) is 5.41 Å². The number of carbonyl (C=O) groups excluding carboxylic acids is 4. The Morgan fingerprint density at radius 1 is 0.937 bits per heavy atom. The molecule has 9 rings (SSSR count). The van der Waals surface area contributed by atoms with Crippen molar-refractivity contribution in [2.75, 3.05) is 73.3 Å². The molecule has 1 aliphatic carbocycles. The highest BCUT2D eigenvalue weighted by atomic mass is 16.2. The summed E-state index contributed by atoms with van der Waals surface area (Å²) in [5.74, 6) is 1.27. The van der Waals surface area contributed by atoms with Gasteiger partial charge in [0.1, 0.15) is 23.5 Å². The van der Waals surface area contributed by atoms with Crippen molar-refractivity contribution in [2.45, 2.75) is 76.4 Å². The summed E-state index contributed by atoms with van der Waals surface area (Å²) in [7, 11) is 1.57. The molecule has 0 bridgehead atoms. The van der Waals surface area contributed by atoms with Gasteiger partial charge in [-0.15, -0.1) is 6.58 Å². The molecule has 2 unspecified atom stereocenters. The number of carbonyl (C=O) groups is 4. The van der Waals surface area contributed by atoms with Crippen molar-refractivity contribution in [1.29, 1.82) is 0 Å². The van der Waals surface area contributed by atoms with Gasteiger partial charge >= 0.3 is 0 Å². The highest BCUT2D eigenvalue weighted by Crippen LogP contribution is 2.45. The van der Waals surface area contributed by atoms with E-state index in [1.54, 1.807) is 18.0 Å². The number of amides is 3. The third-order valence-electron chi connectivity index (χ3n) is 13.7. The van der Waals surface area contributed by atoms with E-state index < -0.39 is 6.04 Å². The number of rotatable bonds is 16. The van der Waals surface area contributed by atoms with Gasteiger partial charge < -0.3 is 40.8 Å². The van der Waals surface area contributed by atoms with E-state index in [9.17, 15) is 19.2 Å². The molecule has 63 heavy (non-hydrogen) atoms. The molecule has 4 aromatic rings. The topological polar surface area (TPSA) is 168 Å². The maximum Gasteiger partial charge on any atom is 0.256 e. The number of piperidine rings is 1. The fraction of sp³-hybridized carbons (Fsp3) is 0.438. The molecule has 4 aliphatic heterocycles. The molecule has 3 fully saturated rings. The van der Waals surface area contributed by atoms with E-state index >= 15 is 0 Å². The van der Waals surface area contributed by atoms with Crippen LogP contribution in [0.25, 0.3) is 0 Å². The summed E-state index contributed by atoms with van der Waals surface area (Å²) in [6.07, 6.45) is 9.91. The number of pyridine rings is 1. The first-order valence-corrected chi connectivity index (χ1v) is 22.4. The number of benzene rings is 2. The Kier molecular flexibility index (Phi) is 11.9. The van der Waals surface area contributed by atoms with Crippen LogP contribution in [0.1, 0.15) is 88.9 Å². The van der Waals surface area contributed by atoms with Gasteiger partial charge in [0.2, 0.25) is 11.9 Å². The highest BCUT2D eigenvalue weighted by molar-refractivity contribution is 6.00. The van der Waals surface area contributed by atoms with Gasteiger partial charge in [-0.05, 0) is 98.2 Å². The van der Waals surface area contributed by atoms with Crippen molar-refractivity contribution in [3.63, 3.8) is 0 Å². The summed E-state index contributed by atoms with van der Waals surface area (Å²) < 4.78 is 0. The minimum atomic E-state index is -0.615. The molecular formula is C48H57N11O4. The SMILES string of the molecule is C=CCNC(=O)c1cnc(Nc2ccc(N3CCC(N4CC5(CN(c6ccc7c(c6)CN(C(C=O)CCC(=O)NC)C7=O)C5)C4)CC3)cc2)nc1Nc1ccc2c(n1)C(CC)CC2. The average Bonchev–Trinajstić information content (AvgIpc) is 3.84. The number of nitrogens with zero attached hydrogens (tertiary/aromatic N) is 7. The Labute approximate surface area is 368 Å². The molecule has 2 atom stereocenters. The Morgan fingerprint density at radius 3 is 2.44 bits per heavy atom. The number of aromatic nitrogens is 3. The van der Waals surface area contributed by atoms with E-state index in [0.717, 1.165) is 100 Å². The second kappa shape index (κ2) is 17.8. The zero-order chi connectivity index (χ0) is 43.7. The second-order valence-electron chi connectivity index (χ2n) is 17.8. The third kappa shape index (κ3) is 8.58. The van der Waals surface area contributed by atoms with Crippen LogP contribution in [0.5, 0.6) is 0 Å². The molecular weight excluding hydrogens is 795 g/mol. The van der Waals surface area contributed by atoms with E-state index in [1.165, 1.54) is 17.4 Å². The van der Waals surface area contributed by atoms with Gasteiger partial charge in [-0.25, -0.2) is 9.97 Å². The number of fused-ring (bicyclic) bond motifs is 2. The summed E-state index contributed by atoms with van der Waals surface area (Å²) in [4.78, 5) is 73.2. The van der Waals surface area contributed by atoms with E-state index in [1.807, 2.05) is 30.3 Å². The highest BCUT2D eigenvalue weighted by Gasteiger charge is 2.53. The van der Waals surface area contributed by atoms with Crippen LogP contribution in [-0.2, 0) is 22.6 Å². The van der Waals surface area contributed by atoms with E-state index in [0.29, 0.717) is 65.6 Å². The standard InChI is InChI=1S/C48H57N11O4/c1-4-20-50-45(62)40-24-51-47(55-44(40)54-41-16-8-32-7-6-31(5-2)43(32)53-41)52-34-9-11-35(12-10-34)56-21-18-36(19-22-56)57-27-48(28-57)29-58(30-48)37-13-15-39-33(23-37)25-59(46(39)63)38(26-60)14-17-42(61)49-3/h4,8-13,15-16,23-24,26,31,36,38H,1,5-7,14,17-22,25,27-30H2,2-3H3,(H,49,61)(H,50,62)(H2,51,52,53,54,55). The zero-order valence-corrected chi connectivity index (χ0v) is 36.2. The molecule has 0 saturated carbocycles. The number of likely N-dealkylation sites (tertiary alicyclic amines) is 1. The molecule has 2 aromatic carbocycles. The smallest absolute Gasteiger partial charge is 0.256 e. The zero-order valence-electron chi connectivity index (χ0n) is 36.2. The van der Waals surface area contributed by atoms with Gasteiger partial charge in [-0.3, -0.25) is 19.3 Å². The number of hydrogen-bond donors (Lipinski definition) is 4. The van der Waals surface area contributed by atoms with Crippen molar-refractivity contribution in [3.8, 4) is 0 Å². The predicted molar refractivity (Wildman–Crippen MR) is 244 cm³/mol. The van der Waals surface area contributed by atoms with Crippen LogP contribution >= 0.6 is 0 Å². The van der Waals surface area contributed by atoms with Crippen LogP contribution in [0.4, 0.5) is 34.6 Å². The van der Waals surface area contributed by atoms with Gasteiger partial charge in [0, 0.05) is 118 Å². The fourth-order valence-corrected chi connectivity index (χ4v) is 10.2. The van der Waals surface area contributed by atoms with Crippen molar-refractivity contribution >= 4 is 58.7 Å². The lowest BCUT2D eigenvalue weighted by atomic mass is 9.71. The van der Waals surface area contributed by atoms with Gasteiger partial charge in [0.25, 0.3) is 11.8 Å². The molecule has 0 radical (unpaired) electrons. The summed E-state index contributed by atoms with van der Waals surface area (Å²) in [6.45, 7) is 12.9. The normalized spacial score (nSPS) is 19.4. The first-order valence-electron chi connectivity index (χ1n) is 22.4. The molecule has 2 aromatic heterocycles. The fourth-order valence-electron chi connectivity index (χ4n) is 10.2. The van der Waals surface area contributed by atoms with Crippen molar-refractivity contribution in [1.82, 2.24) is 35.4 Å². The Bertz CT molecular complexity index is 2380. The molecule has 15 nitrogen and oxygen atoms in total. The van der Waals surface area contributed by atoms with E-state index in [-0.39, 0.29) is 24.1 Å². The Balaban J connectivity index is 0.756. The number of anilines is 6. The first kappa shape index (κ1) is 42.0. The minimum absolute atomic E-state index is 0.140. The molecule has 5 aliphatic rings. The van der Waals surface area contributed by atoms with Crippen molar-refractivity contribution in [3.05, 3.63) is 101 Å². The summed E-state index contributed by atoms with van der Waals surface area (Å²) in [6, 6.07) is 18.4. The average molecular weight is 852 g/mol. The lowest BCUT2D eigenvalue weighted by Crippen LogP contribution is -2.74. The molecule has 328 valence electrons. The minimum Gasteiger partial charge on any atom is -0.371 e. The molecule has 1 spiro atoms.